The number of carbonyl (C=O) groups is 2. The summed E-state index contributed by atoms with van der Waals surface area (Å²) in [5, 5.41) is 18.3. The van der Waals surface area contributed by atoms with Crippen LogP contribution in [-0.4, -0.2) is 44.5 Å². The minimum absolute atomic E-state index is 0.0531. The number of hydrogen-bond donors (Lipinski definition) is 2. The molecular formula is C26H26ClN5O7S. The molecule has 0 radical (unpaired) electrons. The molecule has 0 fully saturated rings. The van der Waals surface area contributed by atoms with Crippen LogP contribution in [0.5, 0.6) is 5.75 Å². The molecule has 210 valence electrons. The van der Waals surface area contributed by atoms with Gasteiger partial charge in [0.2, 0.25) is 5.91 Å². The molecule has 0 aliphatic carbocycles. The van der Waals surface area contributed by atoms with E-state index in [1.807, 2.05) is 0 Å². The van der Waals surface area contributed by atoms with Gasteiger partial charge in [-0.25, -0.2) is 13.8 Å². The lowest BCUT2D eigenvalue weighted by Gasteiger charge is -2.25. The number of benzene rings is 3. The average Bonchev–Trinajstić information content (AvgIpc) is 2.90. The third kappa shape index (κ3) is 7.12. The monoisotopic (exact) mass is 587 g/mol. The van der Waals surface area contributed by atoms with Gasteiger partial charge in [-0.05, 0) is 55.8 Å². The van der Waals surface area contributed by atoms with Crippen molar-refractivity contribution in [3.8, 4) is 5.75 Å². The van der Waals surface area contributed by atoms with E-state index in [0.717, 1.165) is 10.4 Å². The summed E-state index contributed by atoms with van der Waals surface area (Å²) in [6, 6.07) is 14.4. The minimum atomic E-state index is -4.53. The second-order valence-electron chi connectivity index (χ2n) is 8.52. The van der Waals surface area contributed by atoms with Gasteiger partial charge in [0.1, 0.15) is 12.3 Å². The first-order chi connectivity index (χ1) is 18.8. The summed E-state index contributed by atoms with van der Waals surface area (Å²) in [5.41, 5.74) is 3.79. The predicted molar refractivity (Wildman–Crippen MR) is 151 cm³/mol. The highest BCUT2D eigenvalue weighted by Gasteiger charge is 2.31. The Kier molecular flexibility index (Phi) is 9.45. The van der Waals surface area contributed by atoms with Gasteiger partial charge in [0.05, 0.1) is 28.3 Å². The third-order valence-electron chi connectivity index (χ3n) is 5.63. The molecule has 2 amide bonds. The fourth-order valence-electron chi connectivity index (χ4n) is 3.61. The van der Waals surface area contributed by atoms with E-state index < -0.39 is 38.0 Å². The molecule has 2 N–H and O–H groups in total. The van der Waals surface area contributed by atoms with Crippen LogP contribution in [0.3, 0.4) is 0 Å². The molecule has 3 aromatic rings. The quantitative estimate of drug-likeness (QED) is 0.203. The Morgan fingerprint density at radius 3 is 2.35 bits per heavy atom. The fourth-order valence-corrected chi connectivity index (χ4v) is 5.22. The summed E-state index contributed by atoms with van der Waals surface area (Å²) in [5.74, 6) is -0.927. The first-order valence-corrected chi connectivity index (χ1v) is 13.5. The smallest absolute Gasteiger partial charge is 0.273 e. The van der Waals surface area contributed by atoms with Crippen molar-refractivity contribution >= 4 is 56.2 Å². The van der Waals surface area contributed by atoms with Crippen LogP contribution in [0.4, 0.5) is 17.1 Å². The number of nitrogens with zero attached hydrogens (tertiary/aromatic N) is 3. The zero-order valence-corrected chi connectivity index (χ0v) is 23.5. The second-order valence-corrected chi connectivity index (χ2v) is 10.8. The van der Waals surface area contributed by atoms with Crippen molar-refractivity contribution < 1.29 is 27.7 Å². The highest BCUT2D eigenvalue weighted by molar-refractivity contribution is 7.92. The van der Waals surface area contributed by atoms with E-state index >= 15 is 0 Å². The number of hydrazone groups is 1. The number of aryl methyl sites for hydroxylation is 1. The topological polar surface area (TPSA) is 160 Å². The number of rotatable bonds is 10. The molecular weight excluding hydrogens is 562 g/mol. The molecule has 0 saturated carbocycles. The first-order valence-electron chi connectivity index (χ1n) is 11.7. The molecule has 0 aliphatic heterocycles. The van der Waals surface area contributed by atoms with Crippen LogP contribution in [0, 0.1) is 17.0 Å². The summed E-state index contributed by atoms with van der Waals surface area (Å²) < 4.78 is 33.6. The van der Waals surface area contributed by atoms with Crippen molar-refractivity contribution in [1.82, 2.24) is 5.43 Å². The van der Waals surface area contributed by atoms with E-state index in [1.165, 1.54) is 51.3 Å². The fraction of sp³-hybridized carbons (Fsp3) is 0.192. The lowest BCUT2D eigenvalue weighted by Crippen LogP contribution is -2.40. The number of methoxy groups -OCH3 is 1. The average molecular weight is 588 g/mol. The van der Waals surface area contributed by atoms with Crippen LogP contribution in [-0.2, 0) is 19.6 Å². The maximum atomic E-state index is 13.8. The van der Waals surface area contributed by atoms with Gasteiger partial charge in [0, 0.05) is 29.3 Å². The van der Waals surface area contributed by atoms with Crippen LogP contribution in [0.2, 0.25) is 5.02 Å². The zero-order chi connectivity index (χ0) is 29.6. The zero-order valence-electron chi connectivity index (χ0n) is 22.0. The second kappa shape index (κ2) is 12.6. The number of nitro groups is 1. The maximum absolute atomic E-state index is 13.8. The van der Waals surface area contributed by atoms with Gasteiger partial charge in [-0.1, -0.05) is 29.8 Å². The van der Waals surface area contributed by atoms with Gasteiger partial charge >= 0.3 is 0 Å². The number of nitrogens with one attached hydrogen (secondary N) is 2. The molecule has 0 saturated heterocycles. The summed E-state index contributed by atoms with van der Waals surface area (Å²) in [6.45, 7) is 3.75. The van der Waals surface area contributed by atoms with Crippen molar-refractivity contribution in [1.29, 1.82) is 0 Å². The Balaban J connectivity index is 1.96. The van der Waals surface area contributed by atoms with Gasteiger partial charge in [-0.2, -0.15) is 5.10 Å². The molecule has 0 aliphatic rings. The molecule has 0 aromatic heterocycles. The van der Waals surface area contributed by atoms with E-state index in [4.69, 9.17) is 16.3 Å². The third-order valence-corrected chi connectivity index (χ3v) is 7.62. The van der Waals surface area contributed by atoms with Crippen LogP contribution in [0.15, 0.2) is 70.7 Å². The molecule has 0 heterocycles. The Morgan fingerprint density at radius 1 is 1.07 bits per heavy atom. The van der Waals surface area contributed by atoms with E-state index in [0.29, 0.717) is 17.0 Å². The molecule has 0 bridgehead atoms. The molecule has 14 heteroatoms. The first kappa shape index (κ1) is 30.1. The van der Waals surface area contributed by atoms with Gasteiger partial charge in [-0.15, -0.1) is 0 Å². The number of ether oxygens (including phenoxy) is 1. The lowest BCUT2D eigenvalue weighted by molar-refractivity contribution is -0.385. The normalized spacial score (nSPS) is 11.5. The van der Waals surface area contributed by atoms with Gasteiger partial charge in [0.15, 0.2) is 0 Å². The lowest BCUT2D eigenvalue weighted by atomic mass is 10.1. The van der Waals surface area contributed by atoms with Crippen LogP contribution >= 0.6 is 11.6 Å². The molecule has 0 atom stereocenters. The largest absolute Gasteiger partial charge is 0.495 e. The highest BCUT2D eigenvalue weighted by Crippen LogP contribution is 2.35. The Hall–Kier alpha value is -4.49. The standard InChI is InChI=1S/C26H26ClN5O7S/c1-16-5-11-22(14-23(16)32(35)36)40(37,38)31(24-13-20(27)8-12-25(24)39-4)15-26(34)30-29-17(2)19-6-9-21(10-7-19)28-18(3)33/h5-14H,15H2,1-4H3,(H,28,33)(H,30,34)/b29-17-. The van der Waals surface area contributed by atoms with Crippen molar-refractivity contribution in [3.63, 3.8) is 0 Å². The predicted octanol–water partition coefficient (Wildman–Crippen LogP) is 4.26. The Bertz CT molecular complexity index is 1590. The Morgan fingerprint density at radius 2 is 1.75 bits per heavy atom. The summed E-state index contributed by atoms with van der Waals surface area (Å²) >= 11 is 6.14. The van der Waals surface area contributed by atoms with Crippen LogP contribution in [0.1, 0.15) is 25.0 Å². The maximum Gasteiger partial charge on any atom is 0.273 e. The number of nitro benzene ring substituents is 1. The van der Waals surface area contributed by atoms with Crippen molar-refractivity contribution in [2.24, 2.45) is 5.10 Å². The number of halogens is 1. The molecule has 0 unspecified atom stereocenters. The van der Waals surface area contributed by atoms with E-state index in [1.54, 1.807) is 31.2 Å². The van der Waals surface area contributed by atoms with E-state index in [2.05, 4.69) is 15.8 Å². The summed E-state index contributed by atoms with van der Waals surface area (Å²) in [4.78, 5) is 34.5. The van der Waals surface area contributed by atoms with Gasteiger partial charge < -0.3 is 10.1 Å². The molecule has 12 nitrogen and oxygen atoms in total. The van der Waals surface area contributed by atoms with Crippen molar-refractivity contribution in [3.05, 3.63) is 86.9 Å². The molecule has 3 rings (SSSR count). The number of anilines is 2. The molecule has 0 spiro atoms. The number of carbonyl (C=O) groups excluding carboxylic acids is 2. The minimum Gasteiger partial charge on any atom is -0.495 e. The highest BCUT2D eigenvalue weighted by atomic mass is 35.5. The number of amides is 2. The van der Waals surface area contributed by atoms with E-state index in [-0.39, 0.29) is 27.9 Å². The van der Waals surface area contributed by atoms with Gasteiger partial charge in [0.25, 0.3) is 21.6 Å². The van der Waals surface area contributed by atoms with Crippen molar-refractivity contribution in [2.45, 2.75) is 25.7 Å². The molecule has 40 heavy (non-hydrogen) atoms. The molecule has 3 aromatic carbocycles. The van der Waals surface area contributed by atoms with Crippen LogP contribution in [0.25, 0.3) is 0 Å². The van der Waals surface area contributed by atoms with Crippen molar-refractivity contribution in [2.75, 3.05) is 23.3 Å². The number of hydrogen-bond acceptors (Lipinski definition) is 8. The van der Waals surface area contributed by atoms with Crippen LogP contribution < -0.4 is 19.8 Å². The summed E-state index contributed by atoms with van der Waals surface area (Å²) in [7, 11) is -3.21. The van der Waals surface area contributed by atoms with Gasteiger partial charge in [-0.3, -0.25) is 24.0 Å². The SMILES string of the molecule is COc1ccc(Cl)cc1N(CC(=O)N/N=C(/C)c1ccc(NC(C)=O)cc1)S(=O)(=O)c1ccc(C)c([N+](=O)[O-])c1. The summed E-state index contributed by atoms with van der Waals surface area (Å²) in [6.07, 6.45) is 0. The number of sulfonamides is 1. The van der Waals surface area contributed by atoms with E-state index in [9.17, 15) is 28.1 Å². The Labute approximate surface area is 235 Å².